The Morgan fingerprint density at radius 3 is 2.50 bits per heavy atom. The van der Waals surface area contributed by atoms with E-state index in [4.69, 9.17) is 22.3 Å². The predicted octanol–water partition coefficient (Wildman–Crippen LogP) is 3.46. The molecular formula is C12H11Cl2FN2O2S. The van der Waals surface area contributed by atoms with Crippen LogP contribution >= 0.6 is 22.3 Å². The van der Waals surface area contributed by atoms with Crippen LogP contribution in [-0.4, -0.2) is 18.2 Å². The van der Waals surface area contributed by atoms with Gasteiger partial charge in [0.05, 0.1) is 11.4 Å². The first-order valence-electron chi connectivity index (χ1n) is 5.74. The maximum atomic E-state index is 13.1. The van der Waals surface area contributed by atoms with E-state index in [1.54, 1.807) is 13.8 Å². The highest BCUT2D eigenvalue weighted by Crippen LogP contribution is 2.31. The highest BCUT2D eigenvalue weighted by atomic mass is 35.7. The van der Waals surface area contributed by atoms with Gasteiger partial charge in [0.25, 0.3) is 9.05 Å². The largest absolute Gasteiger partial charge is 0.266 e. The van der Waals surface area contributed by atoms with Gasteiger partial charge in [0.2, 0.25) is 0 Å². The molecule has 1 aromatic heterocycles. The lowest BCUT2D eigenvalue weighted by atomic mass is 10.2. The lowest BCUT2D eigenvalue weighted by molar-refractivity contribution is 0.608. The zero-order valence-electron chi connectivity index (χ0n) is 10.7. The summed E-state index contributed by atoms with van der Waals surface area (Å²) < 4.78 is 37.5. The van der Waals surface area contributed by atoms with Crippen LogP contribution in [0, 0.1) is 12.7 Å². The quantitative estimate of drug-likeness (QED) is 0.806. The first-order valence-corrected chi connectivity index (χ1v) is 8.43. The molecule has 2 aromatic rings. The second kappa shape index (κ2) is 5.35. The van der Waals surface area contributed by atoms with Crippen molar-refractivity contribution in [3.8, 4) is 5.69 Å². The average Bonchev–Trinajstić information content (AvgIpc) is 2.66. The lowest BCUT2D eigenvalue weighted by Crippen LogP contribution is -2.00. The van der Waals surface area contributed by atoms with Gasteiger partial charge in [0, 0.05) is 10.7 Å². The SMILES string of the molecule is CCc1nn(-c2ccc(F)cc2C)c(Cl)c1S(=O)(=O)Cl. The van der Waals surface area contributed by atoms with Gasteiger partial charge in [-0.2, -0.15) is 5.10 Å². The van der Waals surface area contributed by atoms with Gasteiger partial charge in [-0.05, 0) is 37.1 Å². The van der Waals surface area contributed by atoms with Crippen molar-refractivity contribution < 1.29 is 12.8 Å². The topological polar surface area (TPSA) is 52.0 Å². The van der Waals surface area contributed by atoms with Crippen LogP contribution in [0.2, 0.25) is 5.15 Å². The monoisotopic (exact) mass is 336 g/mol. The number of aryl methyl sites for hydroxylation is 2. The predicted molar refractivity (Wildman–Crippen MR) is 75.7 cm³/mol. The van der Waals surface area contributed by atoms with Gasteiger partial charge in [-0.3, -0.25) is 0 Å². The molecule has 0 atom stereocenters. The van der Waals surface area contributed by atoms with Crippen LogP contribution in [0.4, 0.5) is 4.39 Å². The van der Waals surface area contributed by atoms with Gasteiger partial charge in [-0.15, -0.1) is 0 Å². The Hall–Kier alpha value is -1.11. The molecule has 0 amide bonds. The van der Waals surface area contributed by atoms with Crippen molar-refractivity contribution >= 4 is 31.3 Å². The van der Waals surface area contributed by atoms with Crippen molar-refractivity contribution in [2.75, 3.05) is 0 Å². The number of rotatable bonds is 3. The fourth-order valence-electron chi connectivity index (χ4n) is 1.91. The van der Waals surface area contributed by atoms with Gasteiger partial charge in [0.1, 0.15) is 10.7 Å². The van der Waals surface area contributed by atoms with Crippen LogP contribution in [0.5, 0.6) is 0 Å². The minimum absolute atomic E-state index is 0.105. The van der Waals surface area contributed by atoms with E-state index in [0.29, 0.717) is 17.7 Å². The molecule has 1 aromatic carbocycles. The van der Waals surface area contributed by atoms with Crippen LogP contribution < -0.4 is 0 Å². The van der Waals surface area contributed by atoms with Crippen molar-refractivity contribution in [2.45, 2.75) is 25.2 Å². The highest BCUT2D eigenvalue weighted by Gasteiger charge is 2.26. The molecule has 0 fully saturated rings. The minimum atomic E-state index is -4.00. The van der Waals surface area contributed by atoms with Crippen molar-refractivity contribution in [3.63, 3.8) is 0 Å². The van der Waals surface area contributed by atoms with Gasteiger partial charge in [0.15, 0.2) is 5.15 Å². The van der Waals surface area contributed by atoms with E-state index in [1.807, 2.05) is 0 Å². The maximum Gasteiger partial charge on any atom is 0.266 e. The molecule has 4 nitrogen and oxygen atoms in total. The summed E-state index contributed by atoms with van der Waals surface area (Å²) >= 11 is 6.08. The molecule has 20 heavy (non-hydrogen) atoms. The first kappa shape index (κ1) is 15.3. The molecule has 0 unspecified atom stereocenters. The van der Waals surface area contributed by atoms with Crippen LogP contribution in [0.25, 0.3) is 5.69 Å². The van der Waals surface area contributed by atoms with E-state index >= 15 is 0 Å². The summed E-state index contributed by atoms with van der Waals surface area (Å²) in [4.78, 5) is -0.202. The summed E-state index contributed by atoms with van der Waals surface area (Å²) in [5, 5.41) is 4.05. The molecule has 0 radical (unpaired) electrons. The van der Waals surface area contributed by atoms with Gasteiger partial charge >= 0.3 is 0 Å². The normalized spacial score (nSPS) is 11.8. The molecule has 0 bridgehead atoms. The molecule has 2 rings (SSSR count). The number of aromatic nitrogens is 2. The summed E-state index contributed by atoms with van der Waals surface area (Å²) in [5.41, 5.74) is 1.35. The standard InChI is InChI=1S/C12H11Cl2FN2O2S/c1-3-9-11(20(14,18)19)12(13)17(16-9)10-5-4-8(15)6-7(10)2/h4-6H,3H2,1-2H3. The molecule has 0 aliphatic heterocycles. The van der Waals surface area contributed by atoms with E-state index in [1.165, 1.54) is 22.9 Å². The smallest absolute Gasteiger partial charge is 0.220 e. The minimum Gasteiger partial charge on any atom is -0.220 e. The summed E-state index contributed by atoms with van der Waals surface area (Å²) in [5.74, 6) is -0.393. The van der Waals surface area contributed by atoms with E-state index in [0.717, 1.165) is 0 Å². The van der Waals surface area contributed by atoms with Gasteiger partial charge in [-0.1, -0.05) is 18.5 Å². The van der Waals surface area contributed by atoms with E-state index < -0.39 is 14.9 Å². The van der Waals surface area contributed by atoms with Gasteiger partial charge < -0.3 is 0 Å². The fourth-order valence-corrected chi connectivity index (χ4v) is 3.82. The third-order valence-electron chi connectivity index (χ3n) is 2.82. The Morgan fingerprint density at radius 1 is 1.40 bits per heavy atom. The second-order valence-corrected chi connectivity index (χ2v) is 7.06. The Balaban J connectivity index is 2.74. The third-order valence-corrected chi connectivity index (χ3v) is 4.66. The van der Waals surface area contributed by atoms with Crippen molar-refractivity contribution in [1.82, 2.24) is 9.78 Å². The van der Waals surface area contributed by atoms with Crippen LogP contribution in [0.15, 0.2) is 23.1 Å². The Labute approximate surface area is 125 Å². The molecule has 0 N–H and O–H groups in total. The first-order chi connectivity index (χ1) is 9.25. The molecule has 0 aliphatic rings. The van der Waals surface area contributed by atoms with Crippen molar-refractivity contribution in [1.29, 1.82) is 0 Å². The molecule has 108 valence electrons. The molecule has 0 aliphatic carbocycles. The summed E-state index contributed by atoms with van der Waals surface area (Å²) in [6, 6.07) is 4.04. The van der Waals surface area contributed by atoms with E-state index in [-0.39, 0.29) is 15.7 Å². The zero-order chi connectivity index (χ0) is 15.1. The average molecular weight is 337 g/mol. The summed E-state index contributed by atoms with van der Waals surface area (Å²) in [6.07, 6.45) is 0.355. The number of halogens is 3. The van der Waals surface area contributed by atoms with E-state index in [9.17, 15) is 12.8 Å². The Kier molecular flexibility index (Phi) is 4.09. The third kappa shape index (κ3) is 2.68. The molecule has 8 heteroatoms. The lowest BCUT2D eigenvalue weighted by Gasteiger charge is -2.07. The van der Waals surface area contributed by atoms with Crippen molar-refractivity contribution in [2.24, 2.45) is 0 Å². The molecule has 0 saturated heterocycles. The Morgan fingerprint density at radius 2 is 2.05 bits per heavy atom. The van der Waals surface area contributed by atoms with Crippen LogP contribution in [0.1, 0.15) is 18.2 Å². The zero-order valence-corrected chi connectivity index (χ0v) is 13.0. The second-order valence-electron chi connectivity index (χ2n) is 4.20. The number of hydrogen-bond donors (Lipinski definition) is 0. The number of nitrogens with zero attached hydrogens (tertiary/aromatic N) is 2. The molecular weight excluding hydrogens is 326 g/mol. The molecule has 0 spiro atoms. The maximum absolute atomic E-state index is 13.1. The van der Waals surface area contributed by atoms with Crippen LogP contribution in [0.3, 0.4) is 0 Å². The number of hydrogen-bond acceptors (Lipinski definition) is 3. The van der Waals surface area contributed by atoms with E-state index in [2.05, 4.69) is 5.10 Å². The fraction of sp³-hybridized carbons (Fsp3) is 0.250. The Bertz CT molecular complexity index is 772. The van der Waals surface area contributed by atoms with Crippen LogP contribution in [-0.2, 0) is 15.5 Å². The highest BCUT2D eigenvalue weighted by molar-refractivity contribution is 8.13. The summed E-state index contributed by atoms with van der Waals surface area (Å²) in [6.45, 7) is 3.42. The summed E-state index contributed by atoms with van der Waals surface area (Å²) in [7, 11) is 1.39. The van der Waals surface area contributed by atoms with Crippen molar-refractivity contribution in [3.05, 3.63) is 40.4 Å². The molecule has 1 heterocycles. The van der Waals surface area contributed by atoms with Gasteiger partial charge in [-0.25, -0.2) is 17.5 Å². The number of benzene rings is 1. The molecule has 0 saturated carbocycles.